The number of aliphatic carboxylic acids is 1. The van der Waals surface area contributed by atoms with Crippen molar-refractivity contribution in [3.63, 3.8) is 0 Å². The SMILES string of the molecule is CN(CCC(=O)O)S(=O)(=O)N1CCCOc2ccccc21. The maximum absolute atomic E-state index is 12.6. The number of para-hydroxylation sites is 2. The number of anilines is 1. The van der Waals surface area contributed by atoms with Crippen LogP contribution in [0.3, 0.4) is 0 Å². The third-order valence-electron chi connectivity index (χ3n) is 3.21. The van der Waals surface area contributed by atoms with Crippen LogP contribution in [0, 0.1) is 0 Å². The van der Waals surface area contributed by atoms with Crippen LogP contribution < -0.4 is 9.04 Å². The van der Waals surface area contributed by atoms with E-state index in [1.165, 1.54) is 11.4 Å². The fourth-order valence-corrected chi connectivity index (χ4v) is 3.49. The minimum Gasteiger partial charge on any atom is -0.491 e. The van der Waals surface area contributed by atoms with Gasteiger partial charge in [-0.25, -0.2) is 0 Å². The van der Waals surface area contributed by atoms with Crippen LogP contribution in [0.4, 0.5) is 5.69 Å². The molecule has 1 N–H and O–H groups in total. The maximum atomic E-state index is 12.6. The predicted molar refractivity (Wildman–Crippen MR) is 77.7 cm³/mol. The zero-order chi connectivity index (χ0) is 15.5. The van der Waals surface area contributed by atoms with E-state index in [1.54, 1.807) is 24.3 Å². The van der Waals surface area contributed by atoms with E-state index in [2.05, 4.69) is 0 Å². The molecule has 0 unspecified atom stereocenters. The van der Waals surface area contributed by atoms with Crippen LogP contribution >= 0.6 is 0 Å². The Morgan fingerprint density at radius 1 is 1.43 bits per heavy atom. The van der Waals surface area contributed by atoms with Gasteiger partial charge in [-0.05, 0) is 12.1 Å². The number of carboxylic acid groups (broad SMARTS) is 1. The molecule has 0 radical (unpaired) electrons. The van der Waals surface area contributed by atoms with Gasteiger partial charge in [0, 0.05) is 26.6 Å². The van der Waals surface area contributed by atoms with Crippen molar-refractivity contribution in [2.24, 2.45) is 0 Å². The number of ether oxygens (including phenoxy) is 1. The Bertz CT molecular complexity index is 617. The van der Waals surface area contributed by atoms with E-state index >= 15 is 0 Å². The number of fused-ring (bicyclic) bond motifs is 1. The summed E-state index contributed by atoms with van der Waals surface area (Å²) in [7, 11) is -2.39. The van der Waals surface area contributed by atoms with Gasteiger partial charge < -0.3 is 9.84 Å². The van der Waals surface area contributed by atoms with Crippen molar-refractivity contribution in [2.75, 3.05) is 31.0 Å². The molecular formula is C13H18N2O5S. The zero-order valence-electron chi connectivity index (χ0n) is 11.7. The molecule has 1 aliphatic rings. The van der Waals surface area contributed by atoms with Crippen LogP contribution in [0.5, 0.6) is 5.75 Å². The summed E-state index contributed by atoms with van der Waals surface area (Å²) in [6.07, 6.45) is 0.336. The normalized spacial score (nSPS) is 15.2. The third kappa shape index (κ3) is 3.45. The van der Waals surface area contributed by atoms with Crippen LogP contribution in [-0.4, -0.2) is 50.5 Å². The largest absolute Gasteiger partial charge is 0.491 e. The average Bonchev–Trinajstić information content (AvgIpc) is 2.67. The first kappa shape index (κ1) is 15.6. The van der Waals surface area contributed by atoms with Crippen molar-refractivity contribution in [1.29, 1.82) is 0 Å². The number of hydrogen-bond acceptors (Lipinski definition) is 4. The summed E-state index contributed by atoms with van der Waals surface area (Å²) in [4.78, 5) is 10.6. The van der Waals surface area contributed by atoms with Gasteiger partial charge in [-0.3, -0.25) is 9.10 Å². The predicted octanol–water partition coefficient (Wildman–Crippen LogP) is 0.927. The van der Waals surface area contributed by atoms with Crippen LogP contribution in [-0.2, 0) is 15.0 Å². The van der Waals surface area contributed by atoms with Crippen LogP contribution in [0.2, 0.25) is 0 Å². The summed E-state index contributed by atoms with van der Waals surface area (Å²) in [6, 6.07) is 6.93. The summed E-state index contributed by atoms with van der Waals surface area (Å²) in [6.45, 7) is 0.676. The van der Waals surface area contributed by atoms with E-state index in [0.717, 1.165) is 4.31 Å². The number of carbonyl (C=O) groups is 1. The molecule has 1 aromatic carbocycles. The second kappa shape index (κ2) is 6.31. The summed E-state index contributed by atoms with van der Waals surface area (Å²) in [5.74, 6) is -0.512. The number of carboxylic acids is 1. The van der Waals surface area contributed by atoms with Gasteiger partial charge >= 0.3 is 16.2 Å². The van der Waals surface area contributed by atoms with Crippen molar-refractivity contribution in [3.05, 3.63) is 24.3 Å². The molecule has 0 aromatic heterocycles. The smallest absolute Gasteiger partial charge is 0.304 e. The number of benzene rings is 1. The summed E-state index contributed by atoms with van der Waals surface area (Å²) in [5.41, 5.74) is 0.483. The van der Waals surface area contributed by atoms with E-state index in [9.17, 15) is 13.2 Å². The number of nitrogens with zero attached hydrogens (tertiary/aromatic N) is 2. The first-order valence-corrected chi connectivity index (χ1v) is 8.00. The van der Waals surface area contributed by atoms with Gasteiger partial charge in [0.2, 0.25) is 0 Å². The lowest BCUT2D eigenvalue weighted by atomic mass is 10.3. The van der Waals surface area contributed by atoms with Crippen molar-refractivity contribution < 1.29 is 23.1 Å². The molecule has 0 saturated heterocycles. The average molecular weight is 314 g/mol. The van der Waals surface area contributed by atoms with Crippen molar-refractivity contribution in [1.82, 2.24) is 4.31 Å². The Kier molecular flexibility index (Phi) is 4.69. The molecular weight excluding hydrogens is 296 g/mol. The zero-order valence-corrected chi connectivity index (χ0v) is 12.5. The highest BCUT2D eigenvalue weighted by Gasteiger charge is 2.30. The lowest BCUT2D eigenvalue weighted by Gasteiger charge is -2.28. The highest BCUT2D eigenvalue weighted by atomic mass is 32.2. The van der Waals surface area contributed by atoms with Crippen LogP contribution in [0.1, 0.15) is 12.8 Å². The molecule has 1 aromatic rings. The highest BCUT2D eigenvalue weighted by Crippen LogP contribution is 2.32. The molecule has 0 atom stereocenters. The Morgan fingerprint density at radius 2 is 2.14 bits per heavy atom. The second-order valence-corrected chi connectivity index (χ2v) is 6.67. The first-order valence-electron chi connectivity index (χ1n) is 6.60. The van der Waals surface area contributed by atoms with Crippen molar-refractivity contribution in [3.8, 4) is 5.75 Å². The molecule has 0 fully saturated rings. The summed E-state index contributed by atoms with van der Waals surface area (Å²) < 4.78 is 33.1. The van der Waals surface area contributed by atoms with E-state index in [0.29, 0.717) is 31.0 Å². The highest BCUT2D eigenvalue weighted by molar-refractivity contribution is 7.90. The maximum Gasteiger partial charge on any atom is 0.304 e. The minimum absolute atomic E-state index is 0.0722. The second-order valence-electron chi connectivity index (χ2n) is 4.71. The molecule has 0 amide bonds. The number of rotatable bonds is 5. The van der Waals surface area contributed by atoms with Crippen molar-refractivity contribution >= 4 is 21.9 Å². The number of hydrogen-bond donors (Lipinski definition) is 1. The van der Waals surface area contributed by atoms with Crippen LogP contribution in [0.15, 0.2) is 24.3 Å². The van der Waals surface area contributed by atoms with Gasteiger partial charge in [-0.1, -0.05) is 12.1 Å². The minimum atomic E-state index is -3.77. The molecule has 2 rings (SSSR count). The summed E-state index contributed by atoms with van der Waals surface area (Å²) in [5, 5.41) is 8.69. The fraction of sp³-hybridized carbons (Fsp3) is 0.462. The Balaban J connectivity index is 2.29. The van der Waals surface area contributed by atoms with Gasteiger partial charge in [0.15, 0.2) is 0 Å². The van der Waals surface area contributed by atoms with Crippen LogP contribution in [0.25, 0.3) is 0 Å². The van der Waals surface area contributed by atoms with E-state index in [1.807, 2.05) is 0 Å². The lowest BCUT2D eigenvalue weighted by molar-refractivity contribution is -0.137. The topological polar surface area (TPSA) is 87.2 Å². The fourth-order valence-electron chi connectivity index (χ4n) is 2.07. The molecule has 21 heavy (non-hydrogen) atoms. The standard InChI is InChI=1S/C13H18N2O5S/c1-14(9-7-13(16)17)21(18,19)15-8-4-10-20-12-6-3-2-5-11(12)15/h2-3,5-6H,4,7-10H2,1H3,(H,16,17). The van der Waals surface area contributed by atoms with Gasteiger partial charge in [-0.2, -0.15) is 12.7 Å². The Hall–Kier alpha value is -1.80. The van der Waals surface area contributed by atoms with Crippen molar-refractivity contribution in [2.45, 2.75) is 12.8 Å². The summed E-state index contributed by atoms with van der Waals surface area (Å²) >= 11 is 0. The van der Waals surface area contributed by atoms with Gasteiger partial charge in [-0.15, -0.1) is 0 Å². The van der Waals surface area contributed by atoms with Gasteiger partial charge in [0.1, 0.15) is 5.75 Å². The van der Waals surface area contributed by atoms with E-state index in [-0.39, 0.29) is 13.0 Å². The molecule has 1 aliphatic heterocycles. The molecule has 0 saturated carbocycles. The monoisotopic (exact) mass is 314 g/mol. The van der Waals surface area contributed by atoms with E-state index in [4.69, 9.17) is 9.84 Å². The van der Waals surface area contributed by atoms with Gasteiger partial charge in [0.05, 0.1) is 18.7 Å². The molecule has 116 valence electrons. The molecule has 7 nitrogen and oxygen atoms in total. The molecule has 8 heteroatoms. The Labute approximate surface area is 123 Å². The lowest BCUT2D eigenvalue weighted by Crippen LogP contribution is -2.43. The molecule has 1 heterocycles. The third-order valence-corrected chi connectivity index (χ3v) is 5.12. The molecule has 0 aliphatic carbocycles. The molecule has 0 spiro atoms. The first-order chi connectivity index (χ1) is 9.93. The molecule has 0 bridgehead atoms. The van der Waals surface area contributed by atoms with E-state index < -0.39 is 16.2 Å². The Morgan fingerprint density at radius 3 is 2.86 bits per heavy atom. The van der Waals surface area contributed by atoms with Gasteiger partial charge in [0.25, 0.3) is 0 Å². The quantitative estimate of drug-likeness (QED) is 0.873.